The molecule has 1 saturated heterocycles. The first-order valence-corrected chi connectivity index (χ1v) is 16.2. The van der Waals surface area contributed by atoms with Crippen molar-refractivity contribution < 1.29 is 39.8 Å². The van der Waals surface area contributed by atoms with Crippen molar-refractivity contribution in [1.29, 1.82) is 0 Å². The van der Waals surface area contributed by atoms with Crippen LogP contribution in [0.5, 0.6) is 0 Å². The minimum Gasteiger partial charge on any atom is -0.394 e. The van der Waals surface area contributed by atoms with E-state index in [2.05, 4.69) is 19.2 Å². The maximum atomic E-state index is 12.6. The lowest BCUT2D eigenvalue weighted by Crippen LogP contribution is -2.60. The normalized spacial score (nSPS) is 24.6. The summed E-state index contributed by atoms with van der Waals surface area (Å²) in [4.78, 5) is 12.6. The smallest absolute Gasteiger partial charge is 0.220 e. The number of carbonyl (C=O) groups is 1. The van der Waals surface area contributed by atoms with Crippen molar-refractivity contribution in [3.63, 3.8) is 0 Å². The Morgan fingerprint density at radius 3 is 1.77 bits per heavy atom. The van der Waals surface area contributed by atoms with Gasteiger partial charge in [0.1, 0.15) is 24.4 Å². The van der Waals surface area contributed by atoms with Gasteiger partial charge in [0, 0.05) is 6.42 Å². The maximum Gasteiger partial charge on any atom is 0.220 e. The van der Waals surface area contributed by atoms with Gasteiger partial charge in [0.25, 0.3) is 0 Å². The highest BCUT2D eigenvalue weighted by Gasteiger charge is 2.44. The molecule has 7 atom stereocenters. The lowest BCUT2D eigenvalue weighted by Gasteiger charge is -2.40. The second kappa shape index (κ2) is 23.7. The highest BCUT2D eigenvalue weighted by molar-refractivity contribution is 5.76. The number of aliphatic hydroxyl groups is 5. The molecule has 1 rings (SSSR count). The van der Waals surface area contributed by atoms with E-state index in [1.54, 1.807) is 0 Å². The van der Waals surface area contributed by atoms with Crippen LogP contribution in [0.4, 0.5) is 0 Å². The van der Waals surface area contributed by atoms with Gasteiger partial charge < -0.3 is 40.3 Å². The summed E-state index contributed by atoms with van der Waals surface area (Å²) in [5, 5.41) is 53.5. The Balaban J connectivity index is 2.42. The van der Waals surface area contributed by atoms with E-state index in [1.165, 1.54) is 64.2 Å². The van der Waals surface area contributed by atoms with Crippen molar-refractivity contribution in [2.45, 2.75) is 179 Å². The summed E-state index contributed by atoms with van der Waals surface area (Å²) in [6.07, 6.45) is 13.1. The predicted molar refractivity (Wildman–Crippen MR) is 157 cm³/mol. The number of carbonyl (C=O) groups excluding carboxylic acids is 1. The van der Waals surface area contributed by atoms with Crippen molar-refractivity contribution in [3.8, 4) is 0 Å². The van der Waals surface area contributed by atoms with Gasteiger partial charge in [0.05, 0.1) is 25.4 Å². The second-order valence-corrected chi connectivity index (χ2v) is 11.6. The summed E-state index contributed by atoms with van der Waals surface area (Å²) in [5.74, 6) is -0.164. The Kier molecular flexibility index (Phi) is 22.1. The van der Waals surface area contributed by atoms with Crippen LogP contribution in [0.15, 0.2) is 0 Å². The van der Waals surface area contributed by atoms with Crippen molar-refractivity contribution in [1.82, 2.24) is 5.32 Å². The van der Waals surface area contributed by atoms with Crippen LogP contribution < -0.4 is 5.32 Å². The molecule has 40 heavy (non-hydrogen) atoms. The van der Waals surface area contributed by atoms with Crippen LogP contribution in [0, 0.1) is 0 Å². The number of hydrogen-bond acceptors (Lipinski definition) is 8. The van der Waals surface area contributed by atoms with Crippen molar-refractivity contribution in [3.05, 3.63) is 0 Å². The molecule has 0 bridgehead atoms. The number of ether oxygens (including phenoxy) is 2. The molecule has 0 aromatic rings. The fourth-order valence-corrected chi connectivity index (χ4v) is 5.22. The molecule has 1 aliphatic heterocycles. The van der Waals surface area contributed by atoms with Gasteiger partial charge in [-0.15, -0.1) is 0 Å². The molecule has 7 unspecified atom stereocenters. The van der Waals surface area contributed by atoms with E-state index >= 15 is 0 Å². The molecule has 9 heteroatoms. The van der Waals surface area contributed by atoms with E-state index in [-0.39, 0.29) is 12.5 Å². The maximum absolute atomic E-state index is 12.6. The van der Waals surface area contributed by atoms with Gasteiger partial charge in [0.15, 0.2) is 6.29 Å². The number of hydrogen-bond donors (Lipinski definition) is 6. The van der Waals surface area contributed by atoms with Crippen LogP contribution in [0.2, 0.25) is 0 Å². The predicted octanol–water partition coefficient (Wildman–Crippen LogP) is 4.10. The van der Waals surface area contributed by atoms with Crippen molar-refractivity contribution >= 4 is 5.91 Å². The molecular formula is C31H61NO8. The van der Waals surface area contributed by atoms with E-state index in [4.69, 9.17) is 9.47 Å². The molecule has 0 radical (unpaired) electrons. The summed E-state index contributed by atoms with van der Waals surface area (Å²) in [6, 6.07) is -0.705. The van der Waals surface area contributed by atoms with Gasteiger partial charge in [-0.25, -0.2) is 0 Å². The quantitative estimate of drug-likeness (QED) is 0.0892. The van der Waals surface area contributed by atoms with Gasteiger partial charge in [-0.05, 0) is 12.8 Å². The van der Waals surface area contributed by atoms with Crippen molar-refractivity contribution in [2.24, 2.45) is 0 Å². The summed E-state index contributed by atoms with van der Waals surface area (Å²) >= 11 is 0. The van der Waals surface area contributed by atoms with Gasteiger partial charge in [0.2, 0.25) is 5.91 Å². The number of nitrogens with one attached hydrogen (secondary N) is 1. The molecule has 1 aliphatic rings. The molecule has 238 valence electrons. The minimum absolute atomic E-state index is 0.136. The minimum atomic E-state index is -1.54. The lowest BCUT2D eigenvalue weighted by molar-refractivity contribution is -0.302. The third-order valence-electron chi connectivity index (χ3n) is 7.96. The van der Waals surface area contributed by atoms with Crippen LogP contribution in [0.1, 0.15) is 136 Å². The highest BCUT2D eigenvalue weighted by atomic mass is 16.7. The average molecular weight is 576 g/mol. The Hall–Kier alpha value is -0.810. The van der Waals surface area contributed by atoms with Gasteiger partial charge in [-0.2, -0.15) is 0 Å². The molecule has 0 aromatic heterocycles. The first-order chi connectivity index (χ1) is 19.3. The van der Waals surface area contributed by atoms with Crippen LogP contribution in [0.3, 0.4) is 0 Å². The zero-order valence-corrected chi connectivity index (χ0v) is 25.4. The first kappa shape index (κ1) is 37.2. The molecule has 0 saturated carbocycles. The largest absolute Gasteiger partial charge is 0.394 e. The van der Waals surface area contributed by atoms with Crippen LogP contribution in [-0.2, 0) is 14.3 Å². The fourth-order valence-electron chi connectivity index (χ4n) is 5.22. The second-order valence-electron chi connectivity index (χ2n) is 11.6. The van der Waals surface area contributed by atoms with E-state index in [0.717, 1.165) is 44.9 Å². The summed E-state index contributed by atoms with van der Waals surface area (Å²) in [6.45, 7) is 3.67. The lowest BCUT2D eigenvalue weighted by atomic mass is 9.99. The number of unbranched alkanes of at least 4 members (excludes halogenated alkanes) is 15. The van der Waals surface area contributed by atoms with Crippen LogP contribution >= 0.6 is 0 Å². The van der Waals surface area contributed by atoms with E-state index in [1.807, 2.05) is 0 Å². The molecule has 1 fully saturated rings. The molecule has 1 heterocycles. The van der Waals surface area contributed by atoms with Crippen LogP contribution in [0.25, 0.3) is 0 Å². The zero-order chi connectivity index (χ0) is 29.6. The average Bonchev–Trinajstić information content (AvgIpc) is 2.95. The molecule has 1 amide bonds. The number of aliphatic hydroxyl groups excluding tert-OH is 5. The van der Waals surface area contributed by atoms with Gasteiger partial charge in [-0.3, -0.25) is 4.79 Å². The molecule has 0 aromatic carbocycles. The Bertz CT molecular complexity index is 608. The molecule has 6 N–H and O–H groups in total. The first-order valence-electron chi connectivity index (χ1n) is 16.2. The Labute approximate surface area is 243 Å². The topological polar surface area (TPSA) is 149 Å². The number of rotatable bonds is 25. The van der Waals surface area contributed by atoms with Crippen molar-refractivity contribution in [2.75, 3.05) is 13.2 Å². The molecule has 9 nitrogen and oxygen atoms in total. The summed E-state index contributed by atoms with van der Waals surface area (Å²) < 4.78 is 11.1. The molecule has 0 aliphatic carbocycles. The van der Waals surface area contributed by atoms with Gasteiger partial charge >= 0.3 is 0 Å². The van der Waals surface area contributed by atoms with Gasteiger partial charge in [-0.1, -0.05) is 117 Å². The zero-order valence-electron chi connectivity index (χ0n) is 25.4. The monoisotopic (exact) mass is 575 g/mol. The standard InChI is InChI=1S/C31H61NO8/c1-3-5-7-9-10-11-12-13-14-15-16-17-18-20-25(34)24(32-27(35)21-19-8-6-4-2)23-39-31-30(38)29(37)28(36)26(22-33)40-31/h24-26,28-31,33-34,36-38H,3-23H2,1-2H3,(H,32,35). The Morgan fingerprint density at radius 1 is 0.750 bits per heavy atom. The SMILES string of the molecule is CCCCCCCCCCCCCCCC(O)C(COC1OC(CO)C(O)C(O)C1O)NC(=O)CCCCCC. The molecule has 0 spiro atoms. The third-order valence-corrected chi connectivity index (χ3v) is 7.96. The third kappa shape index (κ3) is 16.0. The van der Waals surface area contributed by atoms with Crippen LogP contribution in [-0.4, -0.2) is 87.5 Å². The van der Waals surface area contributed by atoms with E-state index < -0.39 is 49.5 Å². The highest BCUT2D eigenvalue weighted by Crippen LogP contribution is 2.23. The van der Waals surface area contributed by atoms with E-state index in [0.29, 0.717) is 12.8 Å². The van der Waals surface area contributed by atoms with E-state index in [9.17, 15) is 30.3 Å². The Morgan fingerprint density at radius 2 is 1.25 bits per heavy atom. The summed E-state index contributed by atoms with van der Waals surface area (Å²) in [5.41, 5.74) is 0. The fraction of sp³-hybridized carbons (Fsp3) is 0.968. The number of amides is 1. The summed E-state index contributed by atoms with van der Waals surface area (Å²) in [7, 11) is 0. The molecular weight excluding hydrogens is 514 g/mol.